The summed E-state index contributed by atoms with van der Waals surface area (Å²) in [4.78, 5) is 6.87. The van der Waals surface area contributed by atoms with E-state index in [2.05, 4.69) is 35.8 Å². The van der Waals surface area contributed by atoms with Gasteiger partial charge in [0.15, 0.2) is 5.96 Å². The second-order valence-corrected chi connectivity index (χ2v) is 5.12. The lowest BCUT2D eigenvalue weighted by atomic mass is 10.2. The Kier molecular flexibility index (Phi) is 9.09. The molecule has 0 bridgehead atoms. The summed E-state index contributed by atoms with van der Waals surface area (Å²) >= 11 is 0. The van der Waals surface area contributed by atoms with Crippen molar-refractivity contribution >= 4 is 5.96 Å². The number of nitrogens with zero attached hydrogens (tertiary/aromatic N) is 2. The molecular weight excluding hydrogens is 262 g/mol. The zero-order valence-electron chi connectivity index (χ0n) is 13.5. The molecule has 0 unspecified atom stereocenters. The normalized spacial score (nSPS) is 11.4. The van der Waals surface area contributed by atoms with Crippen LogP contribution in [-0.4, -0.2) is 37.5 Å². The van der Waals surface area contributed by atoms with E-state index >= 15 is 0 Å². The molecule has 4 heteroatoms. The number of guanidine groups is 1. The first-order chi connectivity index (χ1) is 10.3. The third-order valence-corrected chi connectivity index (χ3v) is 3.30. The highest BCUT2D eigenvalue weighted by atomic mass is 16.3. The van der Waals surface area contributed by atoms with Gasteiger partial charge in [-0.25, -0.2) is 0 Å². The molecule has 118 valence electrons. The van der Waals surface area contributed by atoms with E-state index in [1.807, 2.05) is 18.2 Å². The Morgan fingerprint density at radius 1 is 1.43 bits per heavy atom. The second kappa shape index (κ2) is 11.0. The highest BCUT2D eigenvalue weighted by molar-refractivity contribution is 5.79. The molecule has 0 amide bonds. The SMILES string of the molecule is C=CCCCCCN(C)C(=NCCc1ccco1)NCC. The highest BCUT2D eigenvalue weighted by Gasteiger charge is 2.05. The van der Waals surface area contributed by atoms with Crippen molar-refractivity contribution in [2.24, 2.45) is 4.99 Å². The third-order valence-electron chi connectivity index (χ3n) is 3.30. The predicted molar refractivity (Wildman–Crippen MR) is 89.7 cm³/mol. The summed E-state index contributed by atoms with van der Waals surface area (Å²) in [6.45, 7) is 8.52. The van der Waals surface area contributed by atoms with Gasteiger partial charge in [0.2, 0.25) is 0 Å². The van der Waals surface area contributed by atoms with Crippen LogP contribution in [0.2, 0.25) is 0 Å². The first kappa shape index (κ1) is 17.3. The van der Waals surface area contributed by atoms with Crippen LogP contribution in [0.3, 0.4) is 0 Å². The molecule has 1 N–H and O–H groups in total. The van der Waals surface area contributed by atoms with Crippen molar-refractivity contribution in [3.8, 4) is 0 Å². The van der Waals surface area contributed by atoms with Crippen LogP contribution in [0, 0.1) is 0 Å². The van der Waals surface area contributed by atoms with Crippen LogP contribution in [-0.2, 0) is 6.42 Å². The van der Waals surface area contributed by atoms with Crippen LogP contribution in [0.4, 0.5) is 0 Å². The van der Waals surface area contributed by atoms with E-state index in [0.29, 0.717) is 0 Å². The number of hydrogen-bond acceptors (Lipinski definition) is 2. The van der Waals surface area contributed by atoms with Crippen LogP contribution >= 0.6 is 0 Å². The number of rotatable bonds is 10. The lowest BCUT2D eigenvalue weighted by Gasteiger charge is -2.22. The minimum Gasteiger partial charge on any atom is -0.469 e. The Labute approximate surface area is 128 Å². The molecule has 0 saturated carbocycles. The topological polar surface area (TPSA) is 40.8 Å². The number of hydrogen-bond donors (Lipinski definition) is 1. The molecule has 0 atom stereocenters. The summed E-state index contributed by atoms with van der Waals surface area (Å²) in [7, 11) is 2.10. The molecule has 1 aromatic heterocycles. The standard InChI is InChI=1S/C17H29N3O/c1-4-6-7-8-9-14-20(3)17(18-5-2)19-13-12-16-11-10-15-21-16/h4,10-11,15H,1,5-9,12-14H2,2-3H3,(H,18,19). The van der Waals surface area contributed by atoms with Crippen molar-refractivity contribution in [1.82, 2.24) is 10.2 Å². The molecule has 4 nitrogen and oxygen atoms in total. The van der Waals surface area contributed by atoms with Gasteiger partial charge in [-0.3, -0.25) is 4.99 Å². The van der Waals surface area contributed by atoms with Crippen LogP contribution in [0.1, 0.15) is 38.4 Å². The molecule has 1 aromatic rings. The molecular formula is C17H29N3O. The number of aliphatic imine (C=N–C) groups is 1. The summed E-state index contributed by atoms with van der Waals surface area (Å²) in [5.74, 6) is 1.97. The Bertz CT molecular complexity index is 398. The first-order valence-electron chi connectivity index (χ1n) is 7.90. The van der Waals surface area contributed by atoms with Gasteiger partial charge in [-0.1, -0.05) is 12.5 Å². The van der Waals surface area contributed by atoms with Gasteiger partial charge in [-0.15, -0.1) is 6.58 Å². The minimum atomic E-state index is 0.747. The fourth-order valence-electron chi connectivity index (χ4n) is 2.12. The summed E-state index contributed by atoms with van der Waals surface area (Å²) < 4.78 is 5.33. The highest BCUT2D eigenvalue weighted by Crippen LogP contribution is 2.03. The van der Waals surface area contributed by atoms with Gasteiger partial charge in [-0.05, 0) is 38.3 Å². The second-order valence-electron chi connectivity index (χ2n) is 5.12. The van der Waals surface area contributed by atoms with Gasteiger partial charge < -0.3 is 14.6 Å². The molecule has 0 aliphatic heterocycles. The van der Waals surface area contributed by atoms with Crippen molar-refractivity contribution in [2.75, 3.05) is 26.7 Å². The fourth-order valence-corrected chi connectivity index (χ4v) is 2.12. The first-order valence-corrected chi connectivity index (χ1v) is 7.90. The lowest BCUT2D eigenvalue weighted by Crippen LogP contribution is -2.39. The van der Waals surface area contributed by atoms with E-state index in [1.165, 1.54) is 19.3 Å². The largest absolute Gasteiger partial charge is 0.469 e. The summed E-state index contributed by atoms with van der Waals surface area (Å²) in [6.07, 6.45) is 9.30. The van der Waals surface area contributed by atoms with Crippen molar-refractivity contribution in [1.29, 1.82) is 0 Å². The molecule has 0 aliphatic carbocycles. The summed E-state index contributed by atoms with van der Waals surface area (Å²) in [5, 5.41) is 3.34. The van der Waals surface area contributed by atoms with Gasteiger partial charge in [0.1, 0.15) is 5.76 Å². The third kappa shape index (κ3) is 7.59. The van der Waals surface area contributed by atoms with E-state index in [1.54, 1.807) is 6.26 Å². The monoisotopic (exact) mass is 291 g/mol. The Morgan fingerprint density at radius 2 is 2.29 bits per heavy atom. The van der Waals surface area contributed by atoms with Crippen molar-refractivity contribution in [3.63, 3.8) is 0 Å². The quantitative estimate of drug-likeness (QED) is 0.310. The maximum Gasteiger partial charge on any atom is 0.193 e. The van der Waals surface area contributed by atoms with E-state index in [9.17, 15) is 0 Å². The number of furan rings is 1. The smallest absolute Gasteiger partial charge is 0.193 e. The Morgan fingerprint density at radius 3 is 2.95 bits per heavy atom. The zero-order valence-corrected chi connectivity index (χ0v) is 13.5. The number of unbranched alkanes of at least 4 members (excludes halogenated alkanes) is 3. The minimum absolute atomic E-state index is 0.747. The molecule has 21 heavy (non-hydrogen) atoms. The van der Waals surface area contributed by atoms with Crippen molar-refractivity contribution in [3.05, 3.63) is 36.8 Å². The molecule has 0 aliphatic rings. The van der Waals surface area contributed by atoms with Crippen LogP contribution in [0.15, 0.2) is 40.5 Å². The van der Waals surface area contributed by atoms with Crippen LogP contribution in [0.5, 0.6) is 0 Å². The van der Waals surface area contributed by atoms with Gasteiger partial charge in [-0.2, -0.15) is 0 Å². The molecule has 0 radical (unpaired) electrons. The van der Waals surface area contributed by atoms with E-state index in [4.69, 9.17) is 4.42 Å². The van der Waals surface area contributed by atoms with E-state index in [-0.39, 0.29) is 0 Å². The Balaban J connectivity index is 2.33. The zero-order chi connectivity index (χ0) is 15.3. The van der Waals surface area contributed by atoms with E-state index in [0.717, 1.165) is 44.2 Å². The van der Waals surface area contributed by atoms with Crippen molar-refractivity contribution < 1.29 is 4.42 Å². The fraction of sp³-hybridized carbons (Fsp3) is 0.588. The molecule has 1 rings (SSSR count). The summed E-state index contributed by atoms with van der Waals surface area (Å²) in [5.41, 5.74) is 0. The number of nitrogens with one attached hydrogen (secondary N) is 1. The lowest BCUT2D eigenvalue weighted by molar-refractivity contribution is 0.454. The van der Waals surface area contributed by atoms with Crippen LogP contribution in [0.25, 0.3) is 0 Å². The van der Waals surface area contributed by atoms with Crippen LogP contribution < -0.4 is 5.32 Å². The number of allylic oxidation sites excluding steroid dienone is 1. The predicted octanol–water partition coefficient (Wildman–Crippen LogP) is 3.47. The molecule has 1 heterocycles. The molecule has 0 fully saturated rings. The van der Waals surface area contributed by atoms with Gasteiger partial charge in [0.25, 0.3) is 0 Å². The van der Waals surface area contributed by atoms with Gasteiger partial charge >= 0.3 is 0 Å². The van der Waals surface area contributed by atoms with E-state index < -0.39 is 0 Å². The average molecular weight is 291 g/mol. The maximum absolute atomic E-state index is 5.33. The van der Waals surface area contributed by atoms with Gasteiger partial charge in [0, 0.05) is 33.1 Å². The van der Waals surface area contributed by atoms with Gasteiger partial charge in [0.05, 0.1) is 6.26 Å². The average Bonchev–Trinajstić information content (AvgIpc) is 2.99. The maximum atomic E-state index is 5.33. The Hall–Kier alpha value is -1.71. The molecule has 0 aromatic carbocycles. The molecule has 0 spiro atoms. The molecule has 0 saturated heterocycles. The summed E-state index contributed by atoms with van der Waals surface area (Å²) in [6, 6.07) is 3.91. The van der Waals surface area contributed by atoms with Crippen molar-refractivity contribution in [2.45, 2.75) is 39.0 Å².